The summed E-state index contributed by atoms with van der Waals surface area (Å²) < 4.78 is 11.5. The van der Waals surface area contributed by atoms with Crippen LogP contribution in [0.5, 0.6) is 5.88 Å². The number of aromatic nitrogens is 2. The molecule has 0 aromatic carbocycles. The smallest absolute Gasteiger partial charge is 0.218 e. The van der Waals surface area contributed by atoms with Crippen molar-refractivity contribution in [3.8, 4) is 5.88 Å². The maximum absolute atomic E-state index is 5.77. The van der Waals surface area contributed by atoms with Crippen LogP contribution in [0.3, 0.4) is 0 Å². The summed E-state index contributed by atoms with van der Waals surface area (Å²) in [7, 11) is 0. The molecule has 0 aliphatic carbocycles. The number of hydrogen-bond acceptors (Lipinski definition) is 5. The fourth-order valence-electron chi connectivity index (χ4n) is 2.18. The number of ether oxygens (including phenoxy) is 2. The number of rotatable bonds is 8. The highest BCUT2D eigenvalue weighted by Gasteiger charge is 2.22. The van der Waals surface area contributed by atoms with E-state index in [1.165, 1.54) is 0 Å². The van der Waals surface area contributed by atoms with E-state index in [9.17, 15) is 0 Å². The van der Waals surface area contributed by atoms with Crippen molar-refractivity contribution in [3.63, 3.8) is 0 Å². The van der Waals surface area contributed by atoms with Crippen molar-refractivity contribution in [1.82, 2.24) is 9.97 Å². The molecule has 0 radical (unpaired) electrons. The van der Waals surface area contributed by atoms with E-state index in [0.717, 1.165) is 50.5 Å². The number of unbranched alkanes of at least 4 members (excludes halogenated alkanes) is 1. The van der Waals surface area contributed by atoms with Crippen molar-refractivity contribution in [2.45, 2.75) is 52.6 Å². The minimum absolute atomic E-state index is 0.0133. The molecule has 0 spiro atoms. The fraction of sp³-hybridized carbons (Fsp3) is 0.750. The third-order valence-corrected chi connectivity index (χ3v) is 3.34. The van der Waals surface area contributed by atoms with Crippen molar-refractivity contribution in [1.29, 1.82) is 0 Å². The molecule has 1 aromatic rings. The molecule has 0 bridgehead atoms. The van der Waals surface area contributed by atoms with Crippen LogP contribution in [0.1, 0.15) is 58.4 Å². The summed E-state index contributed by atoms with van der Waals surface area (Å²) in [5.41, 5.74) is 0. The van der Waals surface area contributed by atoms with Gasteiger partial charge in [0.05, 0.1) is 6.61 Å². The maximum Gasteiger partial charge on any atom is 0.218 e. The van der Waals surface area contributed by atoms with Crippen LogP contribution in [0.15, 0.2) is 6.07 Å². The SMILES string of the molecule is CCCCNc1cc(OCC(C)C)nc(C2CCCO2)n1. The molecule has 2 rings (SSSR count). The predicted molar refractivity (Wildman–Crippen MR) is 83.7 cm³/mol. The standard InChI is InChI=1S/C16H27N3O2/c1-4-5-8-17-14-10-15(21-11-12(2)3)19-16(18-14)13-7-6-9-20-13/h10,12-13H,4-9,11H2,1-3H3,(H,17,18,19). The third kappa shape index (κ3) is 5.16. The van der Waals surface area contributed by atoms with Crippen molar-refractivity contribution < 1.29 is 9.47 Å². The van der Waals surface area contributed by atoms with Crippen LogP contribution >= 0.6 is 0 Å². The van der Waals surface area contributed by atoms with Gasteiger partial charge in [-0.2, -0.15) is 4.98 Å². The summed E-state index contributed by atoms with van der Waals surface area (Å²) in [6, 6.07) is 1.89. The van der Waals surface area contributed by atoms with E-state index in [2.05, 4.69) is 36.1 Å². The minimum Gasteiger partial charge on any atom is -0.477 e. The van der Waals surface area contributed by atoms with Gasteiger partial charge in [-0.3, -0.25) is 0 Å². The summed E-state index contributed by atoms with van der Waals surface area (Å²) in [6.45, 7) is 8.81. The van der Waals surface area contributed by atoms with Gasteiger partial charge in [0, 0.05) is 19.2 Å². The van der Waals surface area contributed by atoms with Gasteiger partial charge in [-0.1, -0.05) is 27.2 Å². The lowest BCUT2D eigenvalue weighted by Crippen LogP contribution is -2.12. The highest BCUT2D eigenvalue weighted by Crippen LogP contribution is 2.28. The van der Waals surface area contributed by atoms with Gasteiger partial charge in [-0.15, -0.1) is 0 Å². The monoisotopic (exact) mass is 293 g/mol. The van der Waals surface area contributed by atoms with Crippen molar-refractivity contribution in [3.05, 3.63) is 11.9 Å². The summed E-state index contributed by atoms with van der Waals surface area (Å²) in [5.74, 6) is 2.70. The fourth-order valence-corrected chi connectivity index (χ4v) is 2.18. The van der Waals surface area contributed by atoms with Crippen LogP contribution in [-0.4, -0.2) is 29.7 Å². The first-order chi connectivity index (χ1) is 10.2. The van der Waals surface area contributed by atoms with E-state index in [-0.39, 0.29) is 6.10 Å². The van der Waals surface area contributed by atoms with Gasteiger partial charge in [-0.05, 0) is 25.2 Å². The Hall–Kier alpha value is -1.36. The largest absolute Gasteiger partial charge is 0.477 e. The summed E-state index contributed by atoms with van der Waals surface area (Å²) in [4.78, 5) is 9.10. The molecule has 1 aliphatic rings. The first kappa shape index (κ1) is 16.0. The van der Waals surface area contributed by atoms with E-state index < -0.39 is 0 Å². The number of nitrogens with one attached hydrogen (secondary N) is 1. The first-order valence-corrected chi connectivity index (χ1v) is 8.06. The van der Waals surface area contributed by atoms with Crippen molar-refractivity contribution in [2.24, 2.45) is 5.92 Å². The summed E-state index contributed by atoms with van der Waals surface area (Å²) in [5, 5.41) is 3.35. The molecular formula is C16H27N3O2. The second-order valence-corrected chi connectivity index (χ2v) is 5.94. The van der Waals surface area contributed by atoms with Gasteiger partial charge in [0.1, 0.15) is 11.9 Å². The Bertz CT molecular complexity index is 432. The van der Waals surface area contributed by atoms with Gasteiger partial charge in [0.25, 0.3) is 0 Å². The number of nitrogens with zero attached hydrogens (tertiary/aromatic N) is 2. The van der Waals surface area contributed by atoms with E-state index in [0.29, 0.717) is 18.4 Å². The van der Waals surface area contributed by atoms with Gasteiger partial charge in [-0.25, -0.2) is 4.98 Å². The Morgan fingerprint density at radius 1 is 1.43 bits per heavy atom. The van der Waals surface area contributed by atoms with Gasteiger partial charge in [0.15, 0.2) is 5.82 Å². The molecular weight excluding hydrogens is 266 g/mol. The zero-order chi connectivity index (χ0) is 15.1. The second kappa shape index (κ2) is 8.17. The Balaban J connectivity index is 2.10. The van der Waals surface area contributed by atoms with Gasteiger partial charge < -0.3 is 14.8 Å². The molecule has 1 unspecified atom stereocenters. The lowest BCUT2D eigenvalue weighted by molar-refractivity contribution is 0.104. The summed E-state index contributed by atoms with van der Waals surface area (Å²) >= 11 is 0. The van der Waals surface area contributed by atoms with E-state index >= 15 is 0 Å². The Labute approximate surface area is 127 Å². The molecule has 1 atom stereocenters. The molecule has 1 aromatic heterocycles. The lowest BCUT2D eigenvalue weighted by atomic mass is 10.2. The molecule has 118 valence electrons. The Morgan fingerprint density at radius 3 is 2.95 bits per heavy atom. The van der Waals surface area contributed by atoms with Crippen molar-refractivity contribution >= 4 is 5.82 Å². The predicted octanol–water partition coefficient (Wildman–Crippen LogP) is 3.57. The molecule has 1 aliphatic heterocycles. The topological polar surface area (TPSA) is 56.3 Å². The molecule has 2 heterocycles. The highest BCUT2D eigenvalue weighted by molar-refractivity contribution is 5.38. The van der Waals surface area contributed by atoms with Crippen LogP contribution in [-0.2, 0) is 4.74 Å². The second-order valence-electron chi connectivity index (χ2n) is 5.94. The van der Waals surface area contributed by atoms with Crippen molar-refractivity contribution in [2.75, 3.05) is 25.1 Å². The van der Waals surface area contributed by atoms with Crippen LogP contribution in [0.4, 0.5) is 5.82 Å². The molecule has 1 fully saturated rings. The van der Waals surface area contributed by atoms with Gasteiger partial charge in [0.2, 0.25) is 5.88 Å². The van der Waals surface area contributed by atoms with E-state index in [1.54, 1.807) is 0 Å². The zero-order valence-electron chi connectivity index (χ0n) is 13.4. The van der Waals surface area contributed by atoms with Crippen LogP contribution in [0.2, 0.25) is 0 Å². The molecule has 0 amide bonds. The molecule has 1 N–H and O–H groups in total. The van der Waals surface area contributed by atoms with Crippen LogP contribution < -0.4 is 10.1 Å². The first-order valence-electron chi connectivity index (χ1n) is 8.06. The average Bonchev–Trinajstić information content (AvgIpc) is 2.99. The molecule has 5 nitrogen and oxygen atoms in total. The van der Waals surface area contributed by atoms with E-state index in [1.807, 2.05) is 6.07 Å². The molecule has 1 saturated heterocycles. The van der Waals surface area contributed by atoms with Crippen LogP contribution in [0.25, 0.3) is 0 Å². The number of anilines is 1. The lowest BCUT2D eigenvalue weighted by Gasteiger charge is -2.14. The molecule has 21 heavy (non-hydrogen) atoms. The summed E-state index contributed by atoms with van der Waals surface area (Å²) in [6.07, 6.45) is 4.36. The average molecular weight is 293 g/mol. The third-order valence-electron chi connectivity index (χ3n) is 3.34. The molecule has 0 saturated carbocycles. The maximum atomic E-state index is 5.77. The zero-order valence-corrected chi connectivity index (χ0v) is 13.4. The Morgan fingerprint density at radius 2 is 2.29 bits per heavy atom. The highest BCUT2D eigenvalue weighted by atomic mass is 16.5. The number of hydrogen-bond donors (Lipinski definition) is 1. The molecule has 5 heteroatoms. The minimum atomic E-state index is 0.0133. The normalized spacial score (nSPS) is 18.2. The Kier molecular flexibility index (Phi) is 6.23. The van der Waals surface area contributed by atoms with Gasteiger partial charge >= 0.3 is 0 Å². The van der Waals surface area contributed by atoms with E-state index in [4.69, 9.17) is 9.47 Å². The quantitative estimate of drug-likeness (QED) is 0.742. The van der Waals surface area contributed by atoms with Crippen LogP contribution in [0, 0.1) is 5.92 Å².